The summed E-state index contributed by atoms with van der Waals surface area (Å²) in [5.41, 5.74) is 2.07. The molecule has 32 heavy (non-hydrogen) atoms. The third kappa shape index (κ3) is 5.52. The van der Waals surface area contributed by atoms with Gasteiger partial charge in [0.1, 0.15) is 5.82 Å². The molecule has 1 saturated carbocycles. The van der Waals surface area contributed by atoms with Crippen LogP contribution in [0.5, 0.6) is 6.01 Å². The van der Waals surface area contributed by atoms with Gasteiger partial charge in [0, 0.05) is 17.7 Å². The highest BCUT2D eigenvalue weighted by Crippen LogP contribution is 2.29. The number of carbonyl (C=O) groups excluding carboxylic acids is 1. The topological polar surface area (TPSA) is 69.0 Å². The summed E-state index contributed by atoms with van der Waals surface area (Å²) >= 11 is 0. The highest BCUT2D eigenvalue weighted by Gasteiger charge is 2.18. The first-order chi connectivity index (χ1) is 15.5. The molecule has 0 bridgehead atoms. The van der Waals surface area contributed by atoms with Crippen LogP contribution in [0.1, 0.15) is 52.4 Å². The molecule has 0 atom stereocenters. The quantitative estimate of drug-likeness (QED) is 0.487. The SMILES string of the molecule is CC(C)Oc1nc(-c2cccc(F)c2)n(-c2ccc(NC(=O)CCC3CCCC3)cc2)n1. The van der Waals surface area contributed by atoms with Crippen LogP contribution < -0.4 is 10.1 Å². The lowest BCUT2D eigenvalue weighted by molar-refractivity contribution is -0.116. The second-order valence-corrected chi connectivity index (χ2v) is 8.59. The van der Waals surface area contributed by atoms with Crippen molar-refractivity contribution in [1.82, 2.24) is 14.8 Å². The normalized spacial score (nSPS) is 14.1. The first kappa shape index (κ1) is 22.0. The number of benzene rings is 2. The number of ether oxygens (including phenoxy) is 1. The van der Waals surface area contributed by atoms with E-state index < -0.39 is 0 Å². The second-order valence-electron chi connectivity index (χ2n) is 8.59. The number of hydrogen-bond donors (Lipinski definition) is 1. The molecule has 0 saturated heterocycles. The molecule has 0 spiro atoms. The molecule has 1 N–H and O–H groups in total. The van der Waals surface area contributed by atoms with Crippen molar-refractivity contribution in [2.24, 2.45) is 5.92 Å². The number of nitrogens with zero attached hydrogens (tertiary/aromatic N) is 3. The summed E-state index contributed by atoms with van der Waals surface area (Å²) in [6.07, 6.45) is 6.49. The van der Waals surface area contributed by atoms with E-state index in [1.807, 2.05) is 38.1 Å². The van der Waals surface area contributed by atoms with Crippen molar-refractivity contribution in [1.29, 1.82) is 0 Å². The van der Waals surface area contributed by atoms with Gasteiger partial charge in [0.15, 0.2) is 5.82 Å². The first-order valence-electron chi connectivity index (χ1n) is 11.3. The zero-order chi connectivity index (χ0) is 22.5. The molecule has 4 rings (SSSR count). The molecule has 1 aliphatic carbocycles. The van der Waals surface area contributed by atoms with Gasteiger partial charge in [-0.2, -0.15) is 4.98 Å². The van der Waals surface area contributed by atoms with Gasteiger partial charge in [-0.25, -0.2) is 9.07 Å². The summed E-state index contributed by atoms with van der Waals surface area (Å²) < 4.78 is 21.1. The van der Waals surface area contributed by atoms with Crippen molar-refractivity contribution < 1.29 is 13.9 Å². The summed E-state index contributed by atoms with van der Waals surface area (Å²) in [5, 5.41) is 7.44. The van der Waals surface area contributed by atoms with E-state index in [0.717, 1.165) is 17.8 Å². The van der Waals surface area contributed by atoms with E-state index in [2.05, 4.69) is 15.4 Å². The second kappa shape index (κ2) is 9.94. The summed E-state index contributed by atoms with van der Waals surface area (Å²) in [4.78, 5) is 16.8. The number of amides is 1. The van der Waals surface area contributed by atoms with Crippen molar-refractivity contribution >= 4 is 11.6 Å². The molecule has 7 heteroatoms. The van der Waals surface area contributed by atoms with Crippen molar-refractivity contribution in [3.8, 4) is 23.1 Å². The number of halogens is 1. The third-order valence-corrected chi connectivity index (χ3v) is 5.66. The van der Waals surface area contributed by atoms with Crippen LogP contribution in [0.2, 0.25) is 0 Å². The largest absolute Gasteiger partial charge is 0.460 e. The van der Waals surface area contributed by atoms with E-state index in [-0.39, 0.29) is 23.8 Å². The standard InChI is InChI=1S/C25H29FN4O2/c1-17(2)32-25-28-24(19-8-5-9-20(26)16-19)30(29-25)22-13-11-21(12-14-22)27-23(31)15-10-18-6-3-4-7-18/h5,8-9,11-14,16-18H,3-4,6-7,10,15H2,1-2H3,(H,27,31). The van der Waals surface area contributed by atoms with Gasteiger partial charge in [-0.1, -0.05) is 37.8 Å². The Kier molecular flexibility index (Phi) is 6.83. The molecule has 6 nitrogen and oxygen atoms in total. The maximum atomic E-state index is 13.8. The van der Waals surface area contributed by atoms with E-state index in [1.165, 1.54) is 37.8 Å². The van der Waals surface area contributed by atoms with E-state index in [4.69, 9.17) is 4.74 Å². The number of rotatable bonds is 8. The minimum absolute atomic E-state index is 0.0403. The lowest BCUT2D eigenvalue weighted by Gasteiger charge is -2.10. The van der Waals surface area contributed by atoms with Crippen LogP contribution >= 0.6 is 0 Å². The van der Waals surface area contributed by atoms with Crippen molar-refractivity contribution in [2.75, 3.05) is 5.32 Å². The molecule has 1 heterocycles. The van der Waals surface area contributed by atoms with Gasteiger partial charge in [0.05, 0.1) is 11.8 Å². The Balaban J connectivity index is 1.51. The molecule has 0 aliphatic heterocycles. The smallest absolute Gasteiger partial charge is 0.336 e. The van der Waals surface area contributed by atoms with Crippen LogP contribution in [0, 0.1) is 11.7 Å². The molecule has 1 fully saturated rings. The Hall–Kier alpha value is -3.22. The Labute approximate surface area is 187 Å². The fourth-order valence-electron chi connectivity index (χ4n) is 4.09. The minimum Gasteiger partial charge on any atom is -0.460 e. The Morgan fingerprint density at radius 2 is 1.94 bits per heavy atom. The van der Waals surface area contributed by atoms with Crippen molar-refractivity contribution in [3.05, 3.63) is 54.3 Å². The zero-order valence-corrected chi connectivity index (χ0v) is 18.6. The molecule has 168 valence electrons. The molecule has 0 unspecified atom stereocenters. The molecule has 2 aromatic carbocycles. The Morgan fingerprint density at radius 1 is 1.19 bits per heavy atom. The highest BCUT2D eigenvalue weighted by atomic mass is 19.1. The molecule has 1 aliphatic rings. The van der Waals surface area contributed by atoms with E-state index >= 15 is 0 Å². The summed E-state index contributed by atoms with van der Waals surface area (Å²) in [7, 11) is 0. The van der Waals surface area contributed by atoms with Gasteiger partial charge in [0.2, 0.25) is 5.91 Å². The molecule has 0 radical (unpaired) electrons. The number of nitrogens with one attached hydrogen (secondary N) is 1. The number of aromatic nitrogens is 3. The maximum Gasteiger partial charge on any atom is 0.336 e. The molecular weight excluding hydrogens is 407 g/mol. The fourth-order valence-corrected chi connectivity index (χ4v) is 4.09. The van der Waals surface area contributed by atoms with Crippen molar-refractivity contribution in [3.63, 3.8) is 0 Å². The number of anilines is 1. The molecule has 1 amide bonds. The monoisotopic (exact) mass is 436 g/mol. The predicted molar refractivity (Wildman–Crippen MR) is 122 cm³/mol. The summed E-state index contributed by atoms with van der Waals surface area (Å²) in [6.45, 7) is 3.79. The van der Waals surface area contributed by atoms with E-state index in [1.54, 1.807) is 16.8 Å². The van der Waals surface area contributed by atoms with Crippen LogP contribution in [0.15, 0.2) is 48.5 Å². The maximum absolute atomic E-state index is 13.8. The summed E-state index contributed by atoms with van der Waals surface area (Å²) in [5.74, 6) is 0.866. The minimum atomic E-state index is -0.348. The fraction of sp³-hybridized carbons (Fsp3) is 0.400. The van der Waals surface area contributed by atoms with Crippen LogP contribution in [0.4, 0.5) is 10.1 Å². The van der Waals surface area contributed by atoms with Crippen LogP contribution in [0.25, 0.3) is 17.1 Å². The molecule has 1 aromatic heterocycles. The lowest BCUT2D eigenvalue weighted by atomic mass is 10.0. The lowest BCUT2D eigenvalue weighted by Crippen LogP contribution is -2.12. The molecular formula is C25H29FN4O2. The first-order valence-corrected chi connectivity index (χ1v) is 11.3. The number of carbonyl (C=O) groups is 1. The van der Waals surface area contributed by atoms with Gasteiger partial charge in [0.25, 0.3) is 0 Å². The van der Waals surface area contributed by atoms with Crippen LogP contribution in [0.3, 0.4) is 0 Å². The zero-order valence-electron chi connectivity index (χ0n) is 18.6. The van der Waals surface area contributed by atoms with E-state index in [0.29, 0.717) is 23.7 Å². The Bertz CT molecular complexity index is 1060. The predicted octanol–water partition coefficient (Wildman–Crippen LogP) is 5.77. The molecule has 3 aromatic rings. The summed E-state index contributed by atoms with van der Waals surface area (Å²) in [6, 6.07) is 13.8. The average molecular weight is 437 g/mol. The van der Waals surface area contributed by atoms with E-state index in [9.17, 15) is 9.18 Å². The Morgan fingerprint density at radius 3 is 2.62 bits per heavy atom. The van der Waals surface area contributed by atoms with Gasteiger partial charge in [-0.3, -0.25) is 4.79 Å². The van der Waals surface area contributed by atoms with Gasteiger partial charge >= 0.3 is 6.01 Å². The van der Waals surface area contributed by atoms with Gasteiger partial charge < -0.3 is 10.1 Å². The van der Waals surface area contributed by atoms with Gasteiger partial charge in [-0.15, -0.1) is 5.10 Å². The highest BCUT2D eigenvalue weighted by molar-refractivity contribution is 5.90. The number of hydrogen-bond acceptors (Lipinski definition) is 4. The van der Waals surface area contributed by atoms with Crippen LogP contribution in [-0.2, 0) is 4.79 Å². The third-order valence-electron chi connectivity index (χ3n) is 5.66. The average Bonchev–Trinajstić information content (AvgIpc) is 3.42. The van der Waals surface area contributed by atoms with Crippen molar-refractivity contribution in [2.45, 2.75) is 58.5 Å². The van der Waals surface area contributed by atoms with Gasteiger partial charge in [-0.05, 0) is 62.6 Å². The van der Waals surface area contributed by atoms with Crippen LogP contribution in [-0.4, -0.2) is 26.8 Å².